The van der Waals surface area contributed by atoms with Crippen molar-refractivity contribution in [1.29, 1.82) is 0 Å². The van der Waals surface area contributed by atoms with Crippen LogP contribution in [0, 0.1) is 0 Å². The Morgan fingerprint density at radius 3 is 2.48 bits per heavy atom. The summed E-state index contributed by atoms with van der Waals surface area (Å²) in [5, 5.41) is 24.1. The van der Waals surface area contributed by atoms with E-state index in [2.05, 4.69) is 4.98 Å². The van der Waals surface area contributed by atoms with Crippen LogP contribution < -0.4 is 5.43 Å². The van der Waals surface area contributed by atoms with Crippen molar-refractivity contribution < 1.29 is 10.2 Å². The number of fused-ring (bicyclic) bond motifs is 5. The Kier molecular flexibility index (Phi) is 3.56. The minimum absolute atomic E-state index is 0.0960. The van der Waals surface area contributed by atoms with Crippen molar-refractivity contribution in [3.05, 3.63) is 89.1 Å². The van der Waals surface area contributed by atoms with Crippen molar-refractivity contribution in [3.63, 3.8) is 0 Å². The van der Waals surface area contributed by atoms with Gasteiger partial charge in [0.15, 0.2) is 5.43 Å². The second kappa shape index (κ2) is 6.31. The summed E-state index contributed by atoms with van der Waals surface area (Å²) in [5.41, 5.74) is 4.36. The van der Waals surface area contributed by atoms with Gasteiger partial charge in [-0.15, -0.1) is 0 Å². The molecule has 5 nitrogen and oxygen atoms in total. The highest BCUT2D eigenvalue weighted by Gasteiger charge is 2.17. The fourth-order valence-corrected chi connectivity index (χ4v) is 4.33. The lowest BCUT2D eigenvalue weighted by atomic mass is 9.92. The van der Waals surface area contributed by atoms with E-state index in [4.69, 9.17) is 4.98 Å². The van der Waals surface area contributed by atoms with Crippen LogP contribution in [0.3, 0.4) is 0 Å². The number of nitrogens with zero attached hydrogens (tertiary/aromatic N) is 1. The van der Waals surface area contributed by atoms with Crippen LogP contribution in [0.2, 0.25) is 0 Å². The van der Waals surface area contributed by atoms with Gasteiger partial charge in [-0.25, -0.2) is 4.98 Å². The molecule has 6 aromatic rings. The SMILES string of the molecule is O=c1ccc2c(-c3c(O)ccc4ccc(O)cc34)cc3[nH]c4ccccc4nc3c2c1. The molecule has 5 heteroatoms. The third kappa shape index (κ3) is 2.64. The van der Waals surface area contributed by atoms with Gasteiger partial charge in [0.1, 0.15) is 11.5 Å². The predicted octanol–water partition coefficient (Wildman–Crippen LogP) is 5.46. The van der Waals surface area contributed by atoms with Gasteiger partial charge in [-0.2, -0.15) is 0 Å². The summed E-state index contributed by atoms with van der Waals surface area (Å²) >= 11 is 0. The first kappa shape index (κ1) is 17.5. The molecule has 1 aromatic heterocycles. The number of H-pyrrole nitrogens is 1. The number of para-hydroxylation sites is 2. The first-order valence-electron chi connectivity index (χ1n) is 9.89. The Bertz CT molecular complexity index is 1730. The number of benzene rings is 5. The molecule has 0 atom stereocenters. The van der Waals surface area contributed by atoms with E-state index in [0.717, 1.165) is 38.3 Å². The summed E-state index contributed by atoms with van der Waals surface area (Å²) in [6, 6.07) is 23.1. The average molecular weight is 404 g/mol. The van der Waals surface area contributed by atoms with Gasteiger partial charge in [0.05, 0.1) is 22.1 Å². The second-order valence-electron chi connectivity index (χ2n) is 7.65. The van der Waals surface area contributed by atoms with Crippen LogP contribution >= 0.6 is 0 Å². The third-order valence-corrected chi connectivity index (χ3v) is 5.74. The van der Waals surface area contributed by atoms with E-state index >= 15 is 0 Å². The van der Waals surface area contributed by atoms with Crippen molar-refractivity contribution in [1.82, 2.24) is 9.97 Å². The van der Waals surface area contributed by atoms with Crippen molar-refractivity contribution in [2.24, 2.45) is 0 Å². The summed E-state index contributed by atoms with van der Waals surface area (Å²) in [6.07, 6.45) is 0. The maximum atomic E-state index is 12.2. The van der Waals surface area contributed by atoms with Crippen LogP contribution in [0.15, 0.2) is 83.7 Å². The summed E-state index contributed by atoms with van der Waals surface area (Å²) in [4.78, 5) is 20.5. The van der Waals surface area contributed by atoms with Crippen LogP contribution in [-0.2, 0) is 0 Å². The minimum Gasteiger partial charge on any atom is -0.508 e. The summed E-state index contributed by atoms with van der Waals surface area (Å²) in [5.74, 6) is 0.212. The molecule has 0 unspecified atom stereocenters. The molecule has 5 aromatic carbocycles. The van der Waals surface area contributed by atoms with Gasteiger partial charge in [0.2, 0.25) is 0 Å². The van der Waals surface area contributed by atoms with E-state index in [9.17, 15) is 15.0 Å². The minimum atomic E-state index is -0.110. The topological polar surface area (TPSA) is 86.2 Å². The van der Waals surface area contributed by atoms with E-state index in [0.29, 0.717) is 16.5 Å². The number of hydrogen-bond donors (Lipinski definition) is 3. The van der Waals surface area contributed by atoms with Gasteiger partial charge < -0.3 is 15.2 Å². The lowest BCUT2D eigenvalue weighted by Crippen LogP contribution is -1.98. The van der Waals surface area contributed by atoms with Crippen molar-refractivity contribution in [2.75, 3.05) is 0 Å². The summed E-state index contributed by atoms with van der Waals surface area (Å²) in [6.45, 7) is 0. The van der Waals surface area contributed by atoms with Crippen molar-refractivity contribution in [2.45, 2.75) is 0 Å². The molecular weight excluding hydrogens is 388 g/mol. The molecule has 0 radical (unpaired) electrons. The van der Waals surface area contributed by atoms with Gasteiger partial charge in [-0.05, 0) is 76.3 Å². The number of hydrogen-bond acceptors (Lipinski definition) is 4. The molecular formula is C26H16N2O3. The number of phenolic OH excluding ortho intramolecular Hbond substituents is 2. The summed E-state index contributed by atoms with van der Waals surface area (Å²) in [7, 11) is 0. The molecule has 0 saturated heterocycles. The van der Waals surface area contributed by atoms with E-state index in [1.54, 1.807) is 30.3 Å². The fourth-order valence-electron chi connectivity index (χ4n) is 4.33. The van der Waals surface area contributed by atoms with Crippen LogP contribution in [-0.4, -0.2) is 20.2 Å². The maximum Gasteiger partial charge on any atom is 0.179 e. The Balaban J connectivity index is 1.84. The van der Waals surface area contributed by atoms with E-state index in [1.807, 2.05) is 42.5 Å². The van der Waals surface area contributed by atoms with Gasteiger partial charge in [0.25, 0.3) is 0 Å². The smallest absolute Gasteiger partial charge is 0.179 e. The second-order valence-corrected chi connectivity index (χ2v) is 7.65. The van der Waals surface area contributed by atoms with Crippen LogP contribution in [0.4, 0.5) is 0 Å². The Morgan fingerprint density at radius 1 is 0.742 bits per heavy atom. The first-order valence-corrected chi connectivity index (χ1v) is 9.89. The van der Waals surface area contributed by atoms with Crippen LogP contribution in [0.5, 0.6) is 11.5 Å². The van der Waals surface area contributed by atoms with Crippen LogP contribution in [0.1, 0.15) is 0 Å². The highest BCUT2D eigenvalue weighted by atomic mass is 16.3. The van der Waals surface area contributed by atoms with E-state index < -0.39 is 0 Å². The third-order valence-electron chi connectivity index (χ3n) is 5.74. The number of rotatable bonds is 1. The predicted molar refractivity (Wildman–Crippen MR) is 124 cm³/mol. The molecule has 31 heavy (non-hydrogen) atoms. The highest BCUT2D eigenvalue weighted by molar-refractivity contribution is 6.16. The zero-order valence-electron chi connectivity index (χ0n) is 16.3. The standard InChI is InChI=1S/C26H16N2O3/c29-15-7-5-14-6-10-24(31)25(18(14)11-15)19-13-23-26(20-12-16(30)8-9-17(19)20)28-22-4-2-1-3-21(22)27-23/h1-13,27,29,31H. The van der Waals surface area contributed by atoms with Gasteiger partial charge in [-0.1, -0.05) is 24.3 Å². The van der Waals surface area contributed by atoms with E-state index in [1.165, 1.54) is 6.07 Å². The first-order chi connectivity index (χ1) is 15.1. The zero-order valence-corrected chi connectivity index (χ0v) is 16.3. The normalized spacial score (nSPS) is 11.6. The largest absolute Gasteiger partial charge is 0.508 e. The molecule has 6 rings (SSSR count). The van der Waals surface area contributed by atoms with Crippen molar-refractivity contribution >= 4 is 43.6 Å². The molecule has 0 amide bonds. The average Bonchev–Trinajstić information content (AvgIpc) is 2.77. The number of nitrogens with one attached hydrogen (secondary N) is 1. The van der Waals surface area contributed by atoms with Crippen molar-refractivity contribution in [3.8, 4) is 22.6 Å². The van der Waals surface area contributed by atoms with Crippen LogP contribution in [0.25, 0.3) is 54.7 Å². The monoisotopic (exact) mass is 404 g/mol. The van der Waals surface area contributed by atoms with Gasteiger partial charge in [0, 0.05) is 10.9 Å². The molecule has 1 heterocycles. The molecule has 0 bridgehead atoms. The fraction of sp³-hybridized carbons (Fsp3) is 0. The number of aromatic nitrogens is 2. The Morgan fingerprint density at radius 2 is 1.58 bits per heavy atom. The molecule has 0 fully saturated rings. The highest BCUT2D eigenvalue weighted by Crippen LogP contribution is 2.42. The molecule has 148 valence electrons. The lowest BCUT2D eigenvalue weighted by Gasteiger charge is -2.15. The molecule has 0 aliphatic carbocycles. The molecule has 0 saturated carbocycles. The molecule has 3 N–H and O–H groups in total. The summed E-state index contributed by atoms with van der Waals surface area (Å²) < 4.78 is 0. The van der Waals surface area contributed by atoms with Gasteiger partial charge >= 0.3 is 0 Å². The molecule has 0 aliphatic rings. The molecule has 0 aliphatic heterocycles. The number of phenols is 2. The number of aromatic hydroxyl groups is 2. The number of aromatic amines is 1. The van der Waals surface area contributed by atoms with E-state index in [-0.39, 0.29) is 16.9 Å². The Labute approximate surface area is 175 Å². The van der Waals surface area contributed by atoms with Gasteiger partial charge in [-0.3, -0.25) is 4.79 Å². The maximum absolute atomic E-state index is 12.2. The molecule has 0 spiro atoms. The Hall–Kier alpha value is -4.38. The quantitative estimate of drug-likeness (QED) is 0.251. The zero-order chi connectivity index (χ0) is 21.1. The lowest BCUT2D eigenvalue weighted by molar-refractivity contribution is 0.475.